The molecule has 0 aliphatic rings. The van der Waals surface area contributed by atoms with E-state index in [0.29, 0.717) is 0 Å². The zero-order valence-electron chi connectivity index (χ0n) is 8.53. The van der Waals surface area contributed by atoms with Crippen LogP contribution in [0, 0.1) is 5.41 Å². The molecule has 4 nitrogen and oxygen atoms in total. The van der Waals surface area contributed by atoms with Crippen LogP contribution >= 0.6 is 0 Å². The van der Waals surface area contributed by atoms with Crippen LogP contribution in [0.15, 0.2) is 0 Å². The maximum Gasteiger partial charge on any atom is 0.104 e. The largest absolute Gasteiger partial charge is 0.394 e. The van der Waals surface area contributed by atoms with E-state index in [9.17, 15) is 0 Å². The SMILES string of the molecule is CC(C)(C)C(CO)OC(CO)CO. The molecular formula is C9H20O4. The van der Waals surface area contributed by atoms with Gasteiger partial charge in [0.15, 0.2) is 0 Å². The van der Waals surface area contributed by atoms with Crippen molar-refractivity contribution in [2.45, 2.75) is 33.0 Å². The van der Waals surface area contributed by atoms with Crippen LogP contribution in [0.5, 0.6) is 0 Å². The Morgan fingerprint density at radius 3 is 1.69 bits per heavy atom. The number of aliphatic hydroxyl groups is 3. The van der Waals surface area contributed by atoms with Crippen molar-refractivity contribution in [3.05, 3.63) is 0 Å². The normalized spacial score (nSPS) is 15.0. The molecule has 0 heterocycles. The van der Waals surface area contributed by atoms with Gasteiger partial charge >= 0.3 is 0 Å². The fourth-order valence-electron chi connectivity index (χ4n) is 0.897. The second-order valence-corrected chi connectivity index (χ2v) is 4.16. The third-order valence-electron chi connectivity index (χ3n) is 1.90. The van der Waals surface area contributed by atoms with Crippen LogP contribution in [0.3, 0.4) is 0 Å². The first-order valence-electron chi connectivity index (χ1n) is 4.43. The number of hydrogen-bond acceptors (Lipinski definition) is 4. The highest BCUT2D eigenvalue weighted by molar-refractivity contribution is 4.75. The average molecular weight is 192 g/mol. The lowest BCUT2D eigenvalue weighted by atomic mass is 9.89. The van der Waals surface area contributed by atoms with Crippen LogP contribution in [0.4, 0.5) is 0 Å². The first-order valence-corrected chi connectivity index (χ1v) is 4.43. The highest BCUT2D eigenvalue weighted by Crippen LogP contribution is 2.22. The van der Waals surface area contributed by atoms with E-state index in [1.165, 1.54) is 0 Å². The topological polar surface area (TPSA) is 69.9 Å². The molecule has 0 aromatic heterocycles. The minimum absolute atomic E-state index is 0.111. The smallest absolute Gasteiger partial charge is 0.104 e. The van der Waals surface area contributed by atoms with Gasteiger partial charge in [0.05, 0.1) is 25.9 Å². The van der Waals surface area contributed by atoms with Crippen molar-refractivity contribution in [1.82, 2.24) is 0 Å². The van der Waals surface area contributed by atoms with Crippen LogP contribution in [0.1, 0.15) is 20.8 Å². The second-order valence-electron chi connectivity index (χ2n) is 4.16. The second kappa shape index (κ2) is 5.54. The van der Waals surface area contributed by atoms with Crippen LogP contribution in [0.2, 0.25) is 0 Å². The summed E-state index contributed by atoms with van der Waals surface area (Å²) in [5, 5.41) is 26.6. The lowest BCUT2D eigenvalue weighted by Gasteiger charge is -2.31. The Bertz CT molecular complexity index is 126. The number of ether oxygens (including phenoxy) is 1. The molecule has 13 heavy (non-hydrogen) atoms. The molecule has 0 aromatic rings. The van der Waals surface area contributed by atoms with Gasteiger partial charge in [0.1, 0.15) is 6.10 Å². The van der Waals surface area contributed by atoms with Crippen molar-refractivity contribution in [1.29, 1.82) is 0 Å². The minimum Gasteiger partial charge on any atom is -0.394 e. The molecule has 1 atom stereocenters. The van der Waals surface area contributed by atoms with Gasteiger partial charge in [-0.05, 0) is 5.41 Å². The lowest BCUT2D eigenvalue weighted by molar-refractivity contribution is -0.118. The van der Waals surface area contributed by atoms with E-state index in [1.807, 2.05) is 20.8 Å². The molecule has 0 rings (SSSR count). The summed E-state index contributed by atoms with van der Waals surface area (Å²) in [4.78, 5) is 0. The van der Waals surface area contributed by atoms with E-state index < -0.39 is 6.10 Å². The molecule has 0 radical (unpaired) electrons. The highest BCUT2D eigenvalue weighted by Gasteiger charge is 2.27. The van der Waals surface area contributed by atoms with Crippen LogP contribution in [-0.2, 0) is 4.74 Å². The molecule has 1 unspecified atom stereocenters. The van der Waals surface area contributed by atoms with Crippen molar-refractivity contribution in [3.8, 4) is 0 Å². The van der Waals surface area contributed by atoms with Crippen molar-refractivity contribution in [3.63, 3.8) is 0 Å². The van der Waals surface area contributed by atoms with E-state index in [0.717, 1.165) is 0 Å². The number of aliphatic hydroxyl groups excluding tert-OH is 3. The summed E-state index contributed by atoms with van der Waals surface area (Å²) in [6.07, 6.45) is -0.965. The Morgan fingerprint density at radius 1 is 1.00 bits per heavy atom. The molecule has 0 aromatic carbocycles. The van der Waals surface area contributed by atoms with Gasteiger partial charge < -0.3 is 20.1 Å². The summed E-state index contributed by atoms with van der Waals surface area (Å²) >= 11 is 0. The monoisotopic (exact) mass is 192 g/mol. The molecule has 4 heteroatoms. The zero-order valence-corrected chi connectivity index (χ0v) is 8.53. The minimum atomic E-state index is -0.601. The zero-order chi connectivity index (χ0) is 10.5. The van der Waals surface area contributed by atoms with Crippen molar-refractivity contribution >= 4 is 0 Å². The first kappa shape index (κ1) is 12.8. The molecule has 0 saturated carbocycles. The van der Waals surface area contributed by atoms with E-state index in [1.54, 1.807) is 0 Å². The van der Waals surface area contributed by atoms with E-state index in [-0.39, 0.29) is 31.3 Å². The summed E-state index contributed by atoms with van der Waals surface area (Å²) < 4.78 is 5.31. The summed E-state index contributed by atoms with van der Waals surface area (Å²) in [5.74, 6) is 0. The van der Waals surface area contributed by atoms with Gasteiger partial charge in [-0.3, -0.25) is 0 Å². The Kier molecular flexibility index (Phi) is 5.48. The predicted octanol–water partition coefficient (Wildman–Crippen LogP) is -0.237. The molecule has 0 saturated heterocycles. The van der Waals surface area contributed by atoms with E-state index >= 15 is 0 Å². The Labute approximate surface area is 79.2 Å². The van der Waals surface area contributed by atoms with E-state index in [2.05, 4.69) is 0 Å². The molecule has 0 aliphatic heterocycles. The van der Waals surface area contributed by atoms with Gasteiger partial charge in [0.2, 0.25) is 0 Å². The van der Waals surface area contributed by atoms with Gasteiger partial charge in [-0.2, -0.15) is 0 Å². The predicted molar refractivity (Wildman–Crippen MR) is 49.4 cm³/mol. The number of rotatable bonds is 5. The summed E-state index contributed by atoms with van der Waals surface area (Å²) in [6, 6.07) is 0. The third-order valence-corrected chi connectivity index (χ3v) is 1.90. The van der Waals surface area contributed by atoms with Gasteiger partial charge in [-0.15, -0.1) is 0 Å². The average Bonchev–Trinajstić information content (AvgIpc) is 2.04. The summed E-state index contributed by atoms with van der Waals surface area (Å²) in [7, 11) is 0. The third kappa shape index (κ3) is 4.57. The molecule has 0 fully saturated rings. The van der Waals surface area contributed by atoms with Crippen molar-refractivity contribution < 1.29 is 20.1 Å². The number of hydrogen-bond donors (Lipinski definition) is 3. The highest BCUT2D eigenvalue weighted by atomic mass is 16.5. The molecular weight excluding hydrogens is 172 g/mol. The van der Waals surface area contributed by atoms with E-state index in [4.69, 9.17) is 20.1 Å². The Hall–Kier alpha value is -0.160. The maximum absolute atomic E-state index is 9.01. The molecule has 0 aliphatic carbocycles. The summed E-state index contributed by atoms with van der Waals surface area (Å²) in [6.45, 7) is 5.21. The van der Waals surface area contributed by atoms with Gasteiger partial charge in [0.25, 0.3) is 0 Å². The van der Waals surface area contributed by atoms with Crippen molar-refractivity contribution in [2.75, 3.05) is 19.8 Å². The summed E-state index contributed by atoms with van der Waals surface area (Å²) in [5.41, 5.74) is -0.197. The van der Waals surface area contributed by atoms with Crippen molar-refractivity contribution in [2.24, 2.45) is 5.41 Å². The van der Waals surface area contributed by atoms with Gasteiger partial charge in [-0.25, -0.2) is 0 Å². The van der Waals surface area contributed by atoms with Gasteiger partial charge in [-0.1, -0.05) is 20.8 Å². The lowest BCUT2D eigenvalue weighted by Crippen LogP contribution is -2.38. The van der Waals surface area contributed by atoms with Gasteiger partial charge in [0, 0.05) is 0 Å². The van der Waals surface area contributed by atoms with Crippen LogP contribution in [0.25, 0.3) is 0 Å². The molecule has 0 bridgehead atoms. The fourth-order valence-corrected chi connectivity index (χ4v) is 0.897. The molecule has 3 N–H and O–H groups in total. The quantitative estimate of drug-likeness (QED) is 0.562. The van der Waals surface area contributed by atoms with Crippen LogP contribution in [-0.4, -0.2) is 47.3 Å². The standard InChI is InChI=1S/C9H20O4/c1-9(2,3)8(6-12)13-7(4-10)5-11/h7-8,10-12H,4-6H2,1-3H3. The fraction of sp³-hybridized carbons (Fsp3) is 1.00. The molecule has 0 amide bonds. The first-order chi connectivity index (χ1) is 5.95. The Balaban J connectivity index is 4.11. The van der Waals surface area contributed by atoms with Crippen LogP contribution < -0.4 is 0 Å². The Morgan fingerprint density at radius 2 is 1.46 bits per heavy atom. The molecule has 0 spiro atoms. The maximum atomic E-state index is 9.01. The molecule has 80 valence electrons.